The van der Waals surface area contributed by atoms with Gasteiger partial charge in [-0.15, -0.1) is 5.10 Å². The topological polar surface area (TPSA) is 90.6 Å². The fourth-order valence-electron chi connectivity index (χ4n) is 0.777. The van der Waals surface area contributed by atoms with Gasteiger partial charge in [0.05, 0.1) is 0 Å². The van der Waals surface area contributed by atoms with Gasteiger partial charge in [0, 0.05) is 5.54 Å². The van der Waals surface area contributed by atoms with Crippen LogP contribution in [-0.2, 0) is 0 Å². The van der Waals surface area contributed by atoms with Gasteiger partial charge < -0.3 is 5.32 Å². The summed E-state index contributed by atoms with van der Waals surface area (Å²) in [5.41, 5.74) is -0.827. The minimum atomic E-state index is -0.487. The number of hydrogen-bond donors (Lipinski definition) is 3. The van der Waals surface area contributed by atoms with Crippen molar-refractivity contribution in [2.75, 3.05) is 0 Å². The van der Waals surface area contributed by atoms with Crippen LogP contribution in [0.25, 0.3) is 0 Å². The Labute approximate surface area is 74.7 Å². The Morgan fingerprint density at radius 3 is 2.46 bits per heavy atom. The number of amides is 1. The molecule has 0 aliphatic heterocycles. The third-order valence-corrected chi connectivity index (χ3v) is 1.20. The molecule has 0 aliphatic rings. The minimum Gasteiger partial charge on any atom is -0.345 e. The van der Waals surface area contributed by atoms with Gasteiger partial charge in [0.2, 0.25) is 5.82 Å². The van der Waals surface area contributed by atoms with E-state index in [2.05, 4.69) is 20.5 Å². The Hall–Kier alpha value is -1.59. The first-order valence-electron chi connectivity index (χ1n) is 3.86. The van der Waals surface area contributed by atoms with E-state index in [1.54, 1.807) is 0 Å². The van der Waals surface area contributed by atoms with Crippen LogP contribution in [0.5, 0.6) is 0 Å². The van der Waals surface area contributed by atoms with E-state index < -0.39 is 11.6 Å². The van der Waals surface area contributed by atoms with Gasteiger partial charge in [-0.05, 0) is 20.8 Å². The number of H-pyrrole nitrogens is 2. The van der Waals surface area contributed by atoms with Gasteiger partial charge in [-0.2, -0.15) is 0 Å². The van der Waals surface area contributed by atoms with Gasteiger partial charge in [0.1, 0.15) is 0 Å². The molecule has 1 amide bonds. The molecule has 1 aromatic rings. The Morgan fingerprint density at radius 1 is 1.46 bits per heavy atom. The second-order valence-electron chi connectivity index (χ2n) is 3.73. The Kier molecular flexibility index (Phi) is 2.22. The normalized spacial score (nSPS) is 11.3. The third kappa shape index (κ3) is 2.73. The lowest BCUT2D eigenvalue weighted by molar-refractivity contribution is 0.0909. The van der Waals surface area contributed by atoms with Gasteiger partial charge in [-0.25, -0.2) is 9.89 Å². The second-order valence-corrected chi connectivity index (χ2v) is 3.73. The maximum atomic E-state index is 11.3. The molecule has 3 N–H and O–H groups in total. The number of aromatic nitrogens is 3. The summed E-state index contributed by atoms with van der Waals surface area (Å²) in [5, 5.41) is 8.27. The highest BCUT2D eigenvalue weighted by atomic mass is 16.2. The number of carbonyl (C=O) groups is 1. The fraction of sp³-hybridized carbons (Fsp3) is 0.571. The lowest BCUT2D eigenvalue weighted by Gasteiger charge is -2.19. The maximum absolute atomic E-state index is 11.3. The Balaban J connectivity index is 2.75. The average molecular weight is 184 g/mol. The first-order chi connectivity index (χ1) is 5.88. The zero-order valence-electron chi connectivity index (χ0n) is 7.76. The third-order valence-electron chi connectivity index (χ3n) is 1.20. The Bertz CT molecular complexity index is 357. The zero-order valence-corrected chi connectivity index (χ0v) is 7.76. The number of nitrogens with zero attached hydrogens (tertiary/aromatic N) is 1. The van der Waals surface area contributed by atoms with Crippen LogP contribution in [0, 0.1) is 0 Å². The first kappa shape index (κ1) is 9.50. The number of rotatable bonds is 1. The van der Waals surface area contributed by atoms with Gasteiger partial charge in [0.15, 0.2) is 0 Å². The molecule has 6 heteroatoms. The van der Waals surface area contributed by atoms with Crippen molar-refractivity contribution < 1.29 is 4.79 Å². The van der Waals surface area contributed by atoms with E-state index >= 15 is 0 Å². The molecular weight excluding hydrogens is 172 g/mol. The van der Waals surface area contributed by atoms with Gasteiger partial charge in [0.25, 0.3) is 5.91 Å². The fourth-order valence-corrected chi connectivity index (χ4v) is 0.777. The van der Waals surface area contributed by atoms with E-state index in [0.29, 0.717) is 0 Å². The number of aromatic amines is 2. The smallest absolute Gasteiger partial charge is 0.341 e. The SMILES string of the molecule is CC(C)(C)NC(=O)c1n[nH]c(=O)[nH]1. The van der Waals surface area contributed by atoms with E-state index in [1.807, 2.05) is 20.8 Å². The molecular formula is C7H12N4O2. The predicted octanol–water partition coefficient (Wildman–Crippen LogP) is -0.374. The van der Waals surface area contributed by atoms with Crippen molar-refractivity contribution in [3.63, 3.8) is 0 Å². The molecule has 0 saturated heterocycles. The van der Waals surface area contributed by atoms with Crippen LogP contribution >= 0.6 is 0 Å². The molecule has 0 fully saturated rings. The highest BCUT2D eigenvalue weighted by molar-refractivity contribution is 5.90. The van der Waals surface area contributed by atoms with E-state index in [-0.39, 0.29) is 11.4 Å². The van der Waals surface area contributed by atoms with Crippen LogP contribution in [0.4, 0.5) is 0 Å². The quantitative estimate of drug-likeness (QED) is 0.556. The van der Waals surface area contributed by atoms with Crippen molar-refractivity contribution in [1.82, 2.24) is 20.5 Å². The Morgan fingerprint density at radius 2 is 2.08 bits per heavy atom. The molecule has 1 heterocycles. The maximum Gasteiger partial charge on any atom is 0.341 e. The van der Waals surface area contributed by atoms with Crippen molar-refractivity contribution >= 4 is 5.91 Å². The van der Waals surface area contributed by atoms with E-state index in [0.717, 1.165) is 0 Å². The van der Waals surface area contributed by atoms with Crippen LogP contribution in [-0.4, -0.2) is 26.6 Å². The molecule has 0 saturated carbocycles. The van der Waals surface area contributed by atoms with Gasteiger partial charge >= 0.3 is 5.69 Å². The van der Waals surface area contributed by atoms with Crippen molar-refractivity contribution in [1.29, 1.82) is 0 Å². The summed E-state index contributed by atoms with van der Waals surface area (Å²) < 4.78 is 0. The van der Waals surface area contributed by atoms with Gasteiger partial charge in [-0.1, -0.05) is 0 Å². The monoisotopic (exact) mass is 184 g/mol. The molecule has 0 bridgehead atoms. The van der Waals surface area contributed by atoms with Crippen LogP contribution in [0.2, 0.25) is 0 Å². The molecule has 72 valence electrons. The molecule has 0 aromatic carbocycles. The lowest BCUT2D eigenvalue weighted by Crippen LogP contribution is -2.41. The summed E-state index contributed by atoms with van der Waals surface area (Å²) in [7, 11) is 0. The molecule has 0 radical (unpaired) electrons. The van der Waals surface area contributed by atoms with Crippen molar-refractivity contribution in [2.24, 2.45) is 0 Å². The highest BCUT2D eigenvalue weighted by Gasteiger charge is 2.17. The summed E-state index contributed by atoms with van der Waals surface area (Å²) in [5.74, 6) is -0.397. The summed E-state index contributed by atoms with van der Waals surface area (Å²) >= 11 is 0. The average Bonchev–Trinajstić information content (AvgIpc) is 2.31. The van der Waals surface area contributed by atoms with E-state index in [1.165, 1.54) is 0 Å². The summed E-state index contributed by atoms with van der Waals surface area (Å²) in [6, 6.07) is 0. The molecule has 1 rings (SSSR count). The number of nitrogens with one attached hydrogen (secondary N) is 3. The predicted molar refractivity (Wildman–Crippen MR) is 46.4 cm³/mol. The zero-order chi connectivity index (χ0) is 10.1. The van der Waals surface area contributed by atoms with Gasteiger partial charge in [-0.3, -0.25) is 9.78 Å². The number of carbonyl (C=O) groups excluding carboxylic acids is 1. The molecule has 13 heavy (non-hydrogen) atoms. The van der Waals surface area contributed by atoms with Crippen molar-refractivity contribution in [2.45, 2.75) is 26.3 Å². The van der Waals surface area contributed by atoms with Crippen molar-refractivity contribution in [3.05, 3.63) is 16.3 Å². The van der Waals surface area contributed by atoms with Crippen LogP contribution in [0.1, 0.15) is 31.4 Å². The summed E-state index contributed by atoms with van der Waals surface area (Å²) in [6.07, 6.45) is 0. The molecule has 0 spiro atoms. The van der Waals surface area contributed by atoms with Crippen LogP contribution in [0.3, 0.4) is 0 Å². The van der Waals surface area contributed by atoms with E-state index in [9.17, 15) is 9.59 Å². The lowest BCUT2D eigenvalue weighted by atomic mass is 10.1. The first-order valence-corrected chi connectivity index (χ1v) is 3.86. The molecule has 1 aromatic heterocycles. The van der Waals surface area contributed by atoms with Crippen molar-refractivity contribution in [3.8, 4) is 0 Å². The standard InChI is InChI=1S/C7H12N4O2/c1-7(2,3)9-5(12)4-8-6(13)11-10-4/h1-3H3,(H,9,12)(H2,8,10,11,13). The van der Waals surface area contributed by atoms with Crippen LogP contribution in [0.15, 0.2) is 4.79 Å². The summed E-state index contributed by atoms with van der Waals surface area (Å²) in [6.45, 7) is 5.53. The van der Waals surface area contributed by atoms with Crippen LogP contribution < -0.4 is 11.0 Å². The molecule has 6 nitrogen and oxygen atoms in total. The largest absolute Gasteiger partial charge is 0.345 e. The molecule has 0 atom stereocenters. The summed E-state index contributed by atoms with van der Waals surface area (Å²) in [4.78, 5) is 24.2. The number of hydrogen-bond acceptors (Lipinski definition) is 3. The molecule has 0 aliphatic carbocycles. The van der Waals surface area contributed by atoms with E-state index in [4.69, 9.17) is 0 Å². The highest BCUT2D eigenvalue weighted by Crippen LogP contribution is 1.99. The second kappa shape index (κ2) is 3.04. The molecule has 0 unspecified atom stereocenters. The minimum absolute atomic E-state index is 0.0000694.